The van der Waals surface area contributed by atoms with E-state index in [4.69, 9.17) is 27.9 Å². The minimum atomic E-state index is -3.84. The minimum absolute atomic E-state index is 0.0435. The first-order valence-corrected chi connectivity index (χ1v) is 9.14. The summed E-state index contributed by atoms with van der Waals surface area (Å²) in [6.07, 6.45) is 0. The maximum absolute atomic E-state index is 13.0. The molecule has 2 aromatic carbocycles. The Morgan fingerprint density at radius 2 is 1.74 bits per heavy atom. The van der Waals surface area contributed by atoms with Crippen LogP contribution in [0.2, 0.25) is 10.0 Å². The Morgan fingerprint density at radius 3 is 2.30 bits per heavy atom. The number of anilines is 1. The van der Waals surface area contributed by atoms with Crippen LogP contribution in [0.1, 0.15) is 12.5 Å². The maximum atomic E-state index is 13.0. The van der Waals surface area contributed by atoms with Crippen molar-refractivity contribution in [3.8, 4) is 5.75 Å². The molecule has 2 rings (SSSR count). The van der Waals surface area contributed by atoms with Crippen molar-refractivity contribution in [1.29, 1.82) is 0 Å². The molecular formula is C16H17Cl2NO3S. The highest BCUT2D eigenvalue weighted by atomic mass is 35.5. The monoisotopic (exact) mass is 373 g/mol. The molecule has 0 radical (unpaired) electrons. The van der Waals surface area contributed by atoms with Gasteiger partial charge in [-0.05, 0) is 37.6 Å². The lowest BCUT2D eigenvalue weighted by molar-refractivity contribution is 0.414. The van der Waals surface area contributed by atoms with Crippen molar-refractivity contribution >= 4 is 38.9 Å². The van der Waals surface area contributed by atoms with E-state index in [-0.39, 0.29) is 21.5 Å². The van der Waals surface area contributed by atoms with E-state index in [0.717, 1.165) is 5.56 Å². The van der Waals surface area contributed by atoms with Crippen LogP contribution in [0.4, 0.5) is 5.69 Å². The van der Waals surface area contributed by atoms with Gasteiger partial charge in [0.25, 0.3) is 10.0 Å². The Balaban J connectivity index is 2.61. The predicted molar refractivity (Wildman–Crippen MR) is 94.4 cm³/mol. The molecule has 0 saturated heterocycles. The van der Waals surface area contributed by atoms with Crippen LogP contribution >= 0.6 is 23.2 Å². The number of ether oxygens (including phenoxy) is 1. The van der Waals surface area contributed by atoms with Crippen molar-refractivity contribution in [1.82, 2.24) is 0 Å². The number of nitrogens with zero attached hydrogens (tertiary/aromatic N) is 1. The summed E-state index contributed by atoms with van der Waals surface area (Å²) >= 11 is 12.3. The van der Waals surface area contributed by atoms with E-state index >= 15 is 0 Å². The van der Waals surface area contributed by atoms with Crippen LogP contribution in [0.3, 0.4) is 0 Å². The molecule has 23 heavy (non-hydrogen) atoms. The second-order valence-electron chi connectivity index (χ2n) is 4.85. The van der Waals surface area contributed by atoms with Gasteiger partial charge in [-0.3, -0.25) is 4.31 Å². The summed E-state index contributed by atoms with van der Waals surface area (Å²) in [5.74, 6) is 0.328. The third-order valence-electron chi connectivity index (χ3n) is 3.47. The van der Waals surface area contributed by atoms with Crippen LogP contribution in [0.15, 0.2) is 41.3 Å². The van der Waals surface area contributed by atoms with E-state index in [1.165, 1.54) is 23.5 Å². The third kappa shape index (κ3) is 3.27. The smallest absolute Gasteiger partial charge is 0.265 e. The first-order chi connectivity index (χ1) is 10.8. The van der Waals surface area contributed by atoms with Gasteiger partial charge in [-0.1, -0.05) is 41.4 Å². The van der Waals surface area contributed by atoms with Gasteiger partial charge in [0.15, 0.2) is 0 Å². The Kier molecular flexibility index (Phi) is 5.45. The molecule has 0 spiro atoms. The molecule has 2 aromatic rings. The van der Waals surface area contributed by atoms with Crippen LogP contribution < -0.4 is 9.04 Å². The number of methoxy groups -OCH3 is 1. The molecule has 0 aliphatic heterocycles. The Morgan fingerprint density at radius 1 is 1.09 bits per heavy atom. The number of rotatable bonds is 5. The van der Waals surface area contributed by atoms with Gasteiger partial charge in [0.2, 0.25) is 0 Å². The fourth-order valence-electron chi connectivity index (χ4n) is 2.30. The Hall–Kier alpha value is -1.43. The summed E-state index contributed by atoms with van der Waals surface area (Å²) < 4.78 is 32.4. The lowest BCUT2D eigenvalue weighted by Crippen LogP contribution is -2.31. The SMILES string of the molecule is CCN(c1ccccc1C)S(=O)(=O)c1ccc(OC)c(Cl)c1Cl. The number of benzene rings is 2. The van der Waals surface area contributed by atoms with E-state index in [1.54, 1.807) is 19.1 Å². The molecule has 0 N–H and O–H groups in total. The number of halogens is 2. The summed E-state index contributed by atoms with van der Waals surface area (Å²) in [7, 11) is -2.40. The van der Waals surface area contributed by atoms with Gasteiger partial charge >= 0.3 is 0 Å². The first-order valence-electron chi connectivity index (χ1n) is 6.95. The first kappa shape index (κ1) is 17.9. The van der Waals surface area contributed by atoms with Gasteiger partial charge in [-0.25, -0.2) is 8.42 Å². The average Bonchev–Trinajstić information content (AvgIpc) is 2.52. The molecule has 0 aliphatic rings. The second-order valence-corrected chi connectivity index (χ2v) is 7.44. The fraction of sp³-hybridized carbons (Fsp3) is 0.250. The molecule has 0 unspecified atom stereocenters. The van der Waals surface area contributed by atoms with Crippen molar-refractivity contribution in [2.45, 2.75) is 18.7 Å². The van der Waals surface area contributed by atoms with Gasteiger partial charge in [0, 0.05) is 6.54 Å². The molecule has 7 heteroatoms. The van der Waals surface area contributed by atoms with Crippen molar-refractivity contribution in [2.75, 3.05) is 18.0 Å². The molecule has 0 bridgehead atoms. The second kappa shape index (κ2) is 6.99. The van der Waals surface area contributed by atoms with Crippen LogP contribution in [0.25, 0.3) is 0 Å². The average molecular weight is 374 g/mol. The summed E-state index contributed by atoms with van der Waals surface area (Å²) in [5, 5.41) is 0.0362. The zero-order valence-electron chi connectivity index (χ0n) is 13.0. The highest BCUT2D eigenvalue weighted by Gasteiger charge is 2.28. The number of hydrogen-bond acceptors (Lipinski definition) is 3. The Labute approximate surface area is 146 Å². The maximum Gasteiger partial charge on any atom is 0.265 e. The van der Waals surface area contributed by atoms with Crippen molar-refractivity contribution < 1.29 is 13.2 Å². The topological polar surface area (TPSA) is 46.6 Å². The molecule has 0 heterocycles. The summed E-state index contributed by atoms with van der Waals surface area (Å²) in [4.78, 5) is -0.0462. The highest BCUT2D eigenvalue weighted by molar-refractivity contribution is 7.93. The van der Waals surface area contributed by atoms with E-state index < -0.39 is 10.0 Å². The highest BCUT2D eigenvalue weighted by Crippen LogP contribution is 2.38. The van der Waals surface area contributed by atoms with Crippen molar-refractivity contribution in [3.05, 3.63) is 52.0 Å². The molecule has 0 amide bonds. The number of sulfonamides is 1. The summed E-state index contributed by atoms with van der Waals surface area (Å²) in [6, 6.07) is 10.2. The molecule has 0 aromatic heterocycles. The van der Waals surface area contributed by atoms with Crippen LogP contribution in [-0.4, -0.2) is 22.1 Å². The molecule has 0 saturated carbocycles. The third-order valence-corrected chi connectivity index (χ3v) is 6.38. The summed E-state index contributed by atoms with van der Waals surface area (Å²) in [5.41, 5.74) is 1.46. The van der Waals surface area contributed by atoms with Gasteiger partial charge in [-0.2, -0.15) is 0 Å². The fourth-order valence-corrected chi connectivity index (χ4v) is 4.66. The van der Waals surface area contributed by atoms with Gasteiger partial charge in [0.05, 0.1) is 17.8 Å². The standard InChI is InChI=1S/C16H17Cl2NO3S/c1-4-19(12-8-6-5-7-11(12)2)23(20,21)14-10-9-13(22-3)15(17)16(14)18/h5-10H,4H2,1-3H3. The zero-order chi connectivity index (χ0) is 17.2. The van der Waals surface area contributed by atoms with Crippen molar-refractivity contribution in [2.24, 2.45) is 0 Å². The molecule has 4 nitrogen and oxygen atoms in total. The predicted octanol–water partition coefficient (Wildman–Crippen LogP) is 4.53. The number of hydrogen-bond donors (Lipinski definition) is 0. The van der Waals surface area contributed by atoms with Crippen LogP contribution in [0, 0.1) is 6.92 Å². The number of para-hydroxylation sites is 1. The minimum Gasteiger partial charge on any atom is -0.495 e. The quantitative estimate of drug-likeness (QED) is 0.773. The lowest BCUT2D eigenvalue weighted by Gasteiger charge is -2.25. The molecule has 124 valence electrons. The van der Waals surface area contributed by atoms with E-state index in [1.807, 2.05) is 19.1 Å². The van der Waals surface area contributed by atoms with Gasteiger partial charge < -0.3 is 4.74 Å². The Bertz CT molecular complexity index is 822. The summed E-state index contributed by atoms with van der Waals surface area (Å²) in [6.45, 7) is 3.90. The molecule has 0 fully saturated rings. The van der Waals surface area contributed by atoms with E-state index in [9.17, 15) is 8.42 Å². The largest absolute Gasteiger partial charge is 0.495 e. The molecule has 0 aliphatic carbocycles. The molecular weight excluding hydrogens is 357 g/mol. The normalized spacial score (nSPS) is 11.3. The number of aryl methyl sites for hydroxylation is 1. The molecule has 0 atom stereocenters. The van der Waals surface area contributed by atoms with Crippen molar-refractivity contribution in [3.63, 3.8) is 0 Å². The lowest BCUT2D eigenvalue weighted by atomic mass is 10.2. The van der Waals surface area contributed by atoms with E-state index in [0.29, 0.717) is 11.4 Å². The van der Waals surface area contributed by atoms with Gasteiger partial charge in [-0.15, -0.1) is 0 Å². The van der Waals surface area contributed by atoms with E-state index in [2.05, 4.69) is 0 Å². The van der Waals surface area contributed by atoms with Gasteiger partial charge in [0.1, 0.15) is 15.7 Å². The van der Waals surface area contributed by atoms with Crippen LogP contribution in [0.5, 0.6) is 5.75 Å². The van der Waals surface area contributed by atoms with Crippen LogP contribution in [-0.2, 0) is 10.0 Å². The zero-order valence-corrected chi connectivity index (χ0v) is 15.3.